The van der Waals surface area contributed by atoms with Crippen molar-refractivity contribution in [2.45, 2.75) is 19.4 Å². The molecule has 1 aromatic carbocycles. The van der Waals surface area contributed by atoms with E-state index in [2.05, 4.69) is 0 Å². The Morgan fingerprint density at radius 2 is 2.13 bits per heavy atom. The molecule has 2 heterocycles. The molecule has 0 spiro atoms. The third kappa shape index (κ3) is 2.28. The Bertz CT molecular complexity index is 732. The summed E-state index contributed by atoms with van der Waals surface area (Å²) < 4.78 is 21.1. The number of esters is 1. The van der Waals surface area contributed by atoms with Crippen molar-refractivity contribution in [1.82, 2.24) is 0 Å². The second kappa shape index (κ2) is 5.49. The van der Waals surface area contributed by atoms with Gasteiger partial charge in [-0.3, -0.25) is 4.79 Å². The van der Waals surface area contributed by atoms with Crippen LogP contribution < -0.4 is 9.47 Å². The van der Waals surface area contributed by atoms with Gasteiger partial charge in [-0.15, -0.1) is 0 Å². The molecule has 7 heteroatoms. The van der Waals surface area contributed by atoms with Crippen LogP contribution in [0.15, 0.2) is 11.6 Å². The molecule has 2 aliphatic heterocycles. The van der Waals surface area contributed by atoms with Gasteiger partial charge >= 0.3 is 5.97 Å². The summed E-state index contributed by atoms with van der Waals surface area (Å²) in [5.41, 5.74) is 0.674. The van der Waals surface area contributed by atoms with Crippen LogP contribution in [0.3, 0.4) is 0 Å². The Morgan fingerprint density at radius 3 is 2.78 bits per heavy atom. The van der Waals surface area contributed by atoms with Crippen LogP contribution in [0.25, 0.3) is 5.76 Å². The molecule has 7 nitrogen and oxygen atoms in total. The Labute approximate surface area is 132 Å². The van der Waals surface area contributed by atoms with Gasteiger partial charge in [0.1, 0.15) is 18.5 Å². The molecule has 0 bridgehead atoms. The van der Waals surface area contributed by atoms with E-state index in [0.717, 1.165) is 0 Å². The quantitative estimate of drug-likeness (QED) is 0.829. The second-order valence-corrected chi connectivity index (χ2v) is 5.32. The summed E-state index contributed by atoms with van der Waals surface area (Å²) in [6, 6.07) is 1.34. The van der Waals surface area contributed by atoms with Crippen LogP contribution in [-0.2, 0) is 14.3 Å². The maximum Gasteiger partial charge on any atom is 0.338 e. The highest BCUT2D eigenvalue weighted by molar-refractivity contribution is 6.07. The summed E-state index contributed by atoms with van der Waals surface area (Å²) in [6.07, 6.45) is -0.0883. The number of methoxy groups -OCH3 is 2. The average Bonchev–Trinajstić information content (AvgIpc) is 2.54. The third-order valence-corrected chi connectivity index (χ3v) is 3.84. The predicted octanol–water partition coefficient (Wildman–Crippen LogP) is 1.67. The zero-order valence-electron chi connectivity index (χ0n) is 13.0. The van der Waals surface area contributed by atoms with Crippen LogP contribution in [0.4, 0.5) is 0 Å². The molecule has 0 saturated carbocycles. The van der Waals surface area contributed by atoms with Crippen LogP contribution >= 0.6 is 0 Å². The van der Waals surface area contributed by atoms with Crippen LogP contribution in [0.1, 0.15) is 29.3 Å². The van der Waals surface area contributed by atoms with Crippen molar-refractivity contribution in [2.24, 2.45) is 0 Å². The number of carbonyl (C=O) groups is 2. The lowest BCUT2D eigenvalue weighted by Crippen LogP contribution is -2.29. The van der Waals surface area contributed by atoms with E-state index in [1.165, 1.54) is 20.3 Å². The number of phenols is 1. The molecule has 1 N–H and O–H groups in total. The Kier molecular flexibility index (Phi) is 3.63. The largest absolute Gasteiger partial charge is 0.502 e. The molecule has 122 valence electrons. The van der Waals surface area contributed by atoms with Gasteiger partial charge in [-0.1, -0.05) is 0 Å². The smallest absolute Gasteiger partial charge is 0.338 e. The highest BCUT2D eigenvalue weighted by Crippen LogP contribution is 2.48. The number of benzene rings is 1. The fraction of sp³-hybridized carbons (Fsp3) is 0.375. The molecule has 0 aliphatic carbocycles. The van der Waals surface area contributed by atoms with Crippen LogP contribution in [0.2, 0.25) is 0 Å². The number of Topliss-reactive ketones (excluding diaryl/α,β-unsaturated/α-hetero) is 1. The number of aromatic hydroxyl groups is 1. The molecular formula is C16H16O7. The van der Waals surface area contributed by atoms with E-state index in [1.54, 1.807) is 6.92 Å². The van der Waals surface area contributed by atoms with E-state index >= 15 is 0 Å². The molecule has 0 unspecified atom stereocenters. The molecule has 0 radical (unpaired) electrons. The van der Waals surface area contributed by atoms with E-state index in [4.69, 9.17) is 18.9 Å². The molecule has 0 aromatic heterocycles. The molecule has 23 heavy (non-hydrogen) atoms. The lowest BCUT2D eigenvalue weighted by Gasteiger charge is -2.31. The lowest BCUT2D eigenvalue weighted by molar-refractivity contribution is -0.118. The highest BCUT2D eigenvalue weighted by Gasteiger charge is 2.38. The number of carbonyl (C=O) groups excluding carboxylic acids is 2. The van der Waals surface area contributed by atoms with Crippen molar-refractivity contribution in [3.63, 3.8) is 0 Å². The van der Waals surface area contributed by atoms with E-state index in [9.17, 15) is 14.7 Å². The standard InChI is InChI=1S/C16H16O7/c1-7-4-10(17)9-6-22-15-12(14(9)23-7)8(16(19)21-3)5-11(20-2)13(15)18/h5,7,18H,4,6H2,1-3H3/t7-/m1/s1. The summed E-state index contributed by atoms with van der Waals surface area (Å²) in [5, 5.41) is 10.3. The molecule has 2 aliphatic rings. The van der Waals surface area contributed by atoms with Gasteiger partial charge < -0.3 is 24.1 Å². The van der Waals surface area contributed by atoms with Gasteiger partial charge in [-0.2, -0.15) is 0 Å². The maximum absolute atomic E-state index is 12.2. The van der Waals surface area contributed by atoms with Gasteiger partial charge in [0.05, 0.1) is 30.9 Å². The summed E-state index contributed by atoms with van der Waals surface area (Å²) in [5.74, 6) is -0.625. The highest BCUT2D eigenvalue weighted by atomic mass is 16.5. The first-order valence-corrected chi connectivity index (χ1v) is 7.06. The molecule has 3 rings (SSSR count). The number of ether oxygens (including phenoxy) is 4. The number of hydrogen-bond acceptors (Lipinski definition) is 7. The zero-order chi connectivity index (χ0) is 16.7. The fourth-order valence-corrected chi connectivity index (χ4v) is 2.74. The van der Waals surface area contributed by atoms with E-state index in [1.807, 2.05) is 0 Å². The number of phenolic OH excluding ortho intramolecular Hbond substituents is 1. The van der Waals surface area contributed by atoms with Crippen molar-refractivity contribution < 1.29 is 33.6 Å². The average molecular weight is 320 g/mol. The molecular weight excluding hydrogens is 304 g/mol. The SMILES string of the molecule is COC(=O)c1cc(OC)c(O)c2c1C1=C(CO2)C(=O)C[C@@H](C)O1. The predicted molar refractivity (Wildman–Crippen MR) is 78.6 cm³/mol. The topological polar surface area (TPSA) is 91.3 Å². The lowest BCUT2D eigenvalue weighted by atomic mass is 9.92. The van der Waals surface area contributed by atoms with Crippen molar-refractivity contribution in [3.8, 4) is 17.2 Å². The maximum atomic E-state index is 12.2. The van der Waals surface area contributed by atoms with Crippen molar-refractivity contribution in [3.05, 3.63) is 22.8 Å². The Hall–Kier alpha value is -2.70. The van der Waals surface area contributed by atoms with Crippen LogP contribution in [0, 0.1) is 0 Å². The number of rotatable bonds is 2. The third-order valence-electron chi connectivity index (χ3n) is 3.84. The minimum atomic E-state index is -0.647. The van der Waals surface area contributed by atoms with Gasteiger partial charge in [0.15, 0.2) is 17.3 Å². The Balaban J connectivity index is 2.30. The minimum Gasteiger partial charge on any atom is -0.502 e. The summed E-state index contributed by atoms with van der Waals surface area (Å²) in [7, 11) is 2.60. The first-order chi connectivity index (χ1) is 11.0. The van der Waals surface area contributed by atoms with Gasteiger partial charge in [0.2, 0.25) is 5.75 Å². The van der Waals surface area contributed by atoms with Crippen molar-refractivity contribution >= 4 is 17.5 Å². The summed E-state index contributed by atoms with van der Waals surface area (Å²) >= 11 is 0. The second-order valence-electron chi connectivity index (χ2n) is 5.32. The van der Waals surface area contributed by atoms with Gasteiger partial charge in [-0.25, -0.2) is 4.79 Å². The molecule has 1 aromatic rings. The number of hydrogen-bond donors (Lipinski definition) is 1. The zero-order valence-corrected chi connectivity index (χ0v) is 13.0. The monoisotopic (exact) mass is 320 g/mol. The van der Waals surface area contributed by atoms with E-state index in [-0.39, 0.29) is 59.0 Å². The summed E-state index contributed by atoms with van der Waals surface area (Å²) in [4.78, 5) is 24.3. The molecule has 1 atom stereocenters. The molecule has 0 amide bonds. The van der Waals surface area contributed by atoms with E-state index < -0.39 is 5.97 Å². The minimum absolute atomic E-state index is 0.0325. The first-order valence-electron chi connectivity index (χ1n) is 7.06. The van der Waals surface area contributed by atoms with Gasteiger partial charge in [-0.05, 0) is 13.0 Å². The number of fused-ring (bicyclic) bond motifs is 2. The Morgan fingerprint density at radius 1 is 1.39 bits per heavy atom. The molecule has 0 fully saturated rings. The first kappa shape index (κ1) is 15.2. The van der Waals surface area contributed by atoms with Crippen LogP contribution in [0.5, 0.6) is 17.2 Å². The number of ketones is 1. The summed E-state index contributed by atoms with van der Waals surface area (Å²) in [6.45, 7) is 1.73. The van der Waals surface area contributed by atoms with Crippen LogP contribution in [-0.4, -0.2) is 43.8 Å². The van der Waals surface area contributed by atoms with E-state index in [0.29, 0.717) is 5.57 Å². The van der Waals surface area contributed by atoms with Crippen molar-refractivity contribution in [2.75, 3.05) is 20.8 Å². The normalized spacial score (nSPS) is 19.3. The molecule has 0 saturated heterocycles. The van der Waals surface area contributed by atoms with Gasteiger partial charge in [0, 0.05) is 6.42 Å². The van der Waals surface area contributed by atoms with Crippen molar-refractivity contribution in [1.29, 1.82) is 0 Å². The van der Waals surface area contributed by atoms with Gasteiger partial charge in [0.25, 0.3) is 0 Å². The fourth-order valence-electron chi connectivity index (χ4n) is 2.74.